The third-order valence-electron chi connectivity index (χ3n) is 6.69. The average molecular weight is 414 g/mol. The number of fused-ring (bicyclic) bond motifs is 2. The van der Waals surface area contributed by atoms with Crippen LogP contribution in [-0.2, 0) is 0 Å². The quantitative estimate of drug-likeness (QED) is 0.586. The van der Waals surface area contributed by atoms with Gasteiger partial charge in [-0.05, 0) is 61.8 Å². The lowest BCUT2D eigenvalue weighted by Gasteiger charge is -2.45. The molecule has 3 unspecified atom stereocenters. The first-order valence-electron chi connectivity index (χ1n) is 10.3. The van der Waals surface area contributed by atoms with E-state index < -0.39 is 0 Å². The van der Waals surface area contributed by atoms with Crippen LogP contribution in [0.3, 0.4) is 0 Å². The molecule has 3 heterocycles. The van der Waals surface area contributed by atoms with E-state index in [-0.39, 0.29) is 6.04 Å². The number of aromatic nitrogens is 2. The molecule has 2 aromatic rings. The molecule has 0 N–H and O–H groups in total. The number of imidazole rings is 1. The Balaban J connectivity index is 1.54. The maximum atomic E-state index is 6.74. The van der Waals surface area contributed by atoms with E-state index in [1.165, 1.54) is 24.0 Å². The number of halogens is 2. The summed E-state index contributed by atoms with van der Waals surface area (Å²) in [6.45, 7) is 0. The van der Waals surface area contributed by atoms with Crippen molar-refractivity contribution in [2.75, 3.05) is 0 Å². The number of rotatable bonds is 4. The van der Waals surface area contributed by atoms with Gasteiger partial charge in [-0.3, -0.25) is 4.90 Å². The maximum absolute atomic E-state index is 6.74. The SMILES string of the molecule is ClC1=C(C(c2ccccc2Cl)N2C3CCC2CC(n2ccnc2)C3)CCC=C1. The number of piperidine rings is 1. The minimum absolute atomic E-state index is 0.174. The second-order valence-corrected chi connectivity index (χ2v) is 9.02. The molecule has 0 radical (unpaired) electrons. The zero-order valence-corrected chi connectivity index (χ0v) is 17.4. The fourth-order valence-electron chi connectivity index (χ4n) is 5.48. The van der Waals surface area contributed by atoms with Gasteiger partial charge in [-0.15, -0.1) is 0 Å². The van der Waals surface area contributed by atoms with E-state index in [9.17, 15) is 0 Å². The standard InChI is InChI=1S/C23H25Cl2N3/c24-21-7-3-1-5-19(21)23(20-6-2-4-8-22(20)25)28-16-9-10-17(28)14-18(13-16)27-12-11-26-15-27/h1,3-5,7-8,11-12,15-18,23H,2,6,9-10,13-14H2. The van der Waals surface area contributed by atoms with E-state index in [4.69, 9.17) is 23.2 Å². The smallest absolute Gasteiger partial charge is 0.0948 e. The van der Waals surface area contributed by atoms with Gasteiger partial charge in [0.1, 0.15) is 0 Å². The molecule has 2 fully saturated rings. The van der Waals surface area contributed by atoms with Crippen LogP contribution in [0.5, 0.6) is 0 Å². The zero-order chi connectivity index (χ0) is 19.1. The second kappa shape index (κ2) is 7.70. The summed E-state index contributed by atoms with van der Waals surface area (Å²) in [6, 6.07) is 10.1. The number of nitrogens with zero attached hydrogens (tertiary/aromatic N) is 3. The van der Waals surface area contributed by atoms with Crippen molar-refractivity contribution in [3.8, 4) is 0 Å². The van der Waals surface area contributed by atoms with E-state index >= 15 is 0 Å². The molecule has 1 aromatic carbocycles. The fraction of sp³-hybridized carbons (Fsp3) is 0.435. The second-order valence-electron chi connectivity index (χ2n) is 8.21. The Morgan fingerprint density at radius 2 is 1.82 bits per heavy atom. The highest BCUT2D eigenvalue weighted by atomic mass is 35.5. The molecule has 0 amide bonds. The van der Waals surface area contributed by atoms with Crippen LogP contribution in [0.4, 0.5) is 0 Å². The molecule has 3 nitrogen and oxygen atoms in total. The van der Waals surface area contributed by atoms with Crippen molar-refractivity contribution in [3.05, 3.63) is 76.3 Å². The van der Waals surface area contributed by atoms with Gasteiger partial charge in [0.15, 0.2) is 0 Å². The van der Waals surface area contributed by atoms with Gasteiger partial charge in [-0.25, -0.2) is 4.98 Å². The largest absolute Gasteiger partial charge is 0.334 e. The normalized spacial score (nSPS) is 28.7. The Morgan fingerprint density at radius 1 is 1.04 bits per heavy atom. The van der Waals surface area contributed by atoms with Crippen molar-refractivity contribution in [3.63, 3.8) is 0 Å². The molecular weight excluding hydrogens is 389 g/mol. The van der Waals surface area contributed by atoms with Crippen molar-refractivity contribution >= 4 is 23.2 Å². The summed E-state index contributed by atoms with van der Waals surface area (Å²) in [5.41, 5.74) is 2.53. The van der Waals surface area contributed by atoms with Gasteiger partial charge < -0.3 is 4.57 Å². The predicted octanol–water partition coefficient (Wildman–Crippen LogP) is 6.29. The third kappa shape index (κ3) is 3.24. The van der Waals surface area contributed by atoms with Gasteiger partial charge in [0, 0.05) is 40.6 Å². The topological polar surface area (TPSA) is 21.1 Å². The van der Waals surface area contributed by atoms with Gasteiger partial charge >= 0.3 is 0 Å². The Morgan fingerprint density at radius 3 is 2.50 bits per heavy atom. The Bertz CT molecular complexity index is 888. The first kappa shape index (κ1) is 18.5. The highest BCUT2D eigenvalue weighted by molar-refractivity contribution is 6.32. The summed E-state index contributed by atoms with van der Waals surface area (Å²) in [5, 5.41) is 1.74. The van der Waals surface area contributed by atoms with E-state index in [1.54, 1.807) is 0 Å². The number of hydrogen-bond donors (Lipinski definition) is 0. The van der Waals surface area contributed by atoms with Gasteiger partial charge in [0.05, 0.1) is 12.4 Å². The van der Waals surface area contributed by atoms with Gasteiger partial charge in [0.2, 0.25) is 0 Å². The lowest BCUT2D eigenvalue weighted by Crippen LogP contribution is -2.46. The summed E-state index contributed by atoms with van der Waals surface area (Å²) in [6.07, 6.45) is 17.1. The zero-order valence-electron chi connectivity index (χ0n) is 15.8. The fourth-order valence-corrected chi connectivity index (χ4v) is 6.01. The van der Waals surface area contributed by atoms with E-state index in [0.717, 1.165) is 35.7 Å². The Kier molecular flexibility index (Phi) is 5.08. The molecule has 2 bridgehead atoms. The highest BCUT2D eigenvalue weighted by Gasteiger charge is 2.46. The monoisotopic (exact) mass is 413 g/mol. The summed E-state index contributed by atoms with van der Waals surface area (Å²) < 4.78 is 2.29. The predicted molar refractivity (Wildman–Crippen MR) is 115 cm³/mol. The number of benzene rings is 1. The molecule has 2 saturated heterocycles. The molecule has 5 rings (SSSR count). The first-order chi connectivity index (χ1) is 13.7. The van der Waals surface area contributed by atoms with Crippen molar-refractivity contribution in [2.24, 2.45) is 0 Å². The lowest BCUT2D eigenvalue weighted by molar-refractivity contribution is 0.0741. The molecule has 146 valence electrons. The summed E-state index contributed by atoms with van der Waals surface area (Å²) in [7, 11) is 0. The average Bonchev–Trinajstić information content (AvgIpc) is 3.32. The van der Waals surface area contributed by atoms with Crippen molar-refractivity contribution < 1.29 is 0 Å². The molecule has 0 spiro atoms. The molecule has 0 saturated carbocycles. The number of hydrogen-bond acceptors (Lipinski definition) is 2. The van der Waals surface area contributed by atoms with E-state index in [0.29, 0.717) is 18.1 Å². The molecule has 1 aromatic heterocycles. The van der Waals surface area contributed by atoms with Crippen LogP contribution in [0.25, 0.3) is 0 Å². The van der Waals surface area contributed by atoms with Crippen molar-refractivity contribution in [1.82, 2.24) is 14.5 Å². The summed E-state index contributed by atoms with van der Waals surface area (Å²) in [5.74, 6) is 0. The van der Waals surface area contributed by atoms with Crippen LogP contribution in [0.1, 0.15) is 56.2 Å². The molecule has 3 aliphatic rings. The summed E-state index contributed by atoms with van der Waals surface area (Å²) in [4.78, 5) is 7.01. The van der Waals surface area contributed by atoms with Crippen molar-refractivity contribution in [2.45, 2.75) is 62.7 Å². The molecule has 5 heteroatoms. The van der Waals surface area contributed by atoms with Crippen LogP contribution < -0.4 is 0 Å². The maximum Gasteiger partial charge on any atom is 0.0948 e. The number of allylic oxidation sites excluding steroid dienone is 3. The molecular formula is C23H25Cl2N3. The van der Waals surface area contributed by atoms with Gasteiger partial charge in [0.25, 0.3) is 0 Å². The molecule has 1 aliphatic carbocycles. The first-order valence-corrected chi connectivity index (χ1v) is 11.0. The van der Waals surface area contributed by atoms with E-state index in [1.807, 2.05) is 24.7 Å². The minimum Gasteiger partial charge on any atom is -0.334 e. The van der Waals surface area contributed by atoms with Crippen molar-refractivity contribution in [1.29, 1.82) is 0 Å². The highest BCUT2D eigenvalue weighted by Crippen LogP contribution is 2.50. The van der Waals surface area contributed by atoms with Gasteiger partial charge in [-0.1, -0.05) is 47.5 Å². The van der Waals surface area contributed by atoms with E-state index in [2.05, 4.69) is 44.9 Å². The third-order valence-corrected chi connectivity index (χ3v) is 7.40. The van der Waals surface area contributed by atoms with Crippen LogP contribution in [0, 0.1) is 0 Å². The molecule has 2 aliphatic heterocycles. The minimum atomic E-state index is 0.174. The van der Waals surface area contributed by atoms with Gasteiger partial charge in [-0.2, -0.15) is 0 Å². The Labute approximate surface area is 176 Å². The lowest BCUT2D eigenvalue weighted by atomic mass is 9.86. The Hall–Kier alpha value is -1.55. The van der Waals surface area contributed by atoms with Crippen LogP contribution in [-0.4, -0.2) is 26.5 Å². The van der Waals surface area contributed by atoms with Crippen LogP contribution >= 0.6 is 23.2 Å². The molecule has 3 atom stereocenters. The van der Waals surface area contributed by atoms with Crippen LogP contribution in [0.2, 0.25) is 5.02 Å². The summed E-state index contributed by atoms with van der Waals surface area (Å²) >= 11 is 13.4. The van der Waals surface area contributed by atoms with Crippen LogP contribution in [0.15, 0.2) is 65.7 Å². The molecule has 28 heavy (non-hydrogen) atoms.